The summed E-state index contributed by atoms with van der Waals surface area (Å²) in [7, 11) is 0. The van der Waals surface area contributed by atoms with Crippen LogP contribution in [0.2, 0.25) is 0 Å². The van der Waals surface area contributed by atoms with E-state index in [2.05, 4.69) is 15.6 Å². The Hall–Kier alpha value is -3.60. The first-order valence-corrected chi connectivity index (χ1v) is 8.35. The fraction of sp³-hybridized carbons (Fsp3) is 0.294. The van der Waals surface area contributed by atoms with Crippen LogP contribution in [0.5, 0.6) is 5.75 Å². The smallest absolute Gasteiger partial charge is 0.412 e. The maximum Gasteiger partial charge on any atom is 0.412 e. The van der Waals surface area contributed by atoms with Gasteiger partial charge in [0, 0.05) is 6.07 Å². The number of aliphatic hydroxyl groups is 1. The second-order valence-electron chi connectivity index (χ2n) is 5.86. The number of benzene rings is 1. The lowest BCUT2D eigenvalue weighted by atomic mass is 10.0. The third kappa shape index (κ3) is 4.98. The lowest BCUT2D eigenvalue weighted by molar-refractivity contribution is -0.383. The van der Waals surface area contributed by atoms with E-state index in [1.165, 1.54) is 30.3 Å². The molecule has 0 aliphatic rings. The van der Waals surface area contributed by atoms with Crippen LogP contribution in [-0.2, 0) is 4.74 Å². The number of ether oxygens (including phenoxy) is 1. The first kappa shape index (κ1) is 20.7. The fourth-order valence-electron chi connectivity index (χ4n) is 2.48. The number of aromatic hydroxyl groups is 1. The molecule has 2 rings (SSSR count). The highest BCUT2D eigenvalue weighted by atomic mass is 16.6. The number of nitro groups is 1. The van der Waals surface area contributed by atoms with Crippen LogP contribution in [0.4, 0.5) is 27.8 Å². The molecule has 0 saturated heterocycles. The number of phenolic OH excluding ortho intramolecular Hbond substituents is 1. The number of anilines is 3. The van der Waals surface area contributed by atoms with Gasteiger partial charge in [0.2, 0.25) is 5.82 Å². The molecule has 1 heterocycles. The summed E-state index contributed by atoms with van der Waals surface area (Å²) in [5, 5.41) is 36.3. The van der Waals surface area contributed by atoms with Crippen molar-refractivity contribution in [3.63, 3.8) is 0 Å². The molecule has 0 aliphatic carbocycles. The van der Waals surface area contributed by atoms with Crippen LogP contribution in [0.1, 0.15) is 25.5 Å². The zero-order valence-corrected chi connectivity index (χ0v) is 15.2. The predicted molar refractivity (Wildman–Crippen MR) is 102 cm³/mol. The molecule has 1 amide bonds. The van der Waals surface area contributed by atoms with E-state index in [1.54, 1.807) is 13.8 Å². The topological polar surface area (TPSA) is 173 Å². The van der Waals surface area contributed by atoms with Gasteiger partial charge in [0.1, 0.15) is 17.3 Å². The highest BCUT2D eigenvalue weighted by Crippen LogP contribution is 2.34. The van der Waals surface area contributed by atoms with Crippen LogP contribution in [0.15, 0.2) is 30.3 Å². The third-order valence-corrected chi connectivity index (χ3v) is 3.80. The highest BCUT2D eigenvalue weighted by molar-refractivity contribution is 5.86. The molecule has 2 atom stereocenters. The van der Waals surface area contributed by atoms with Gasteiger partial charge in [0.05, 0.1) is 23.7 Å². The van der Waals surface area contributed by atoms with Gasteiger partial charge in [-0.1, -0.05) is 12.1 Å². The second kappa shape index (κ2) is 8.86. The molecule has 11 heteroatoms. The van der Waals surface area contributed by atoms with Crippen molar-refractivity contribution in [2.24, 2.45) is 0 Å². The molecular formula is C17H21N5O6. The van der Waals surface area contributed by atoms with E-state index in [1.807, 2.05) is 0 Å². The van der Waals surface area contributed by atoms with Gasteiger partial charge in [-0.05, 0) is 31.5 Å². The Labute approximate surface area is 160 Å². The molecule has 150 valence electrons. The number of carbonyl (C=O) groups excluding carboxylic acids is 1. The van der Waals surface area contributed by atoms with Gasteiger partial charge in [-0.15, -0.1) is 0 Å². The van der Waals surface area contributed by atoms with Gasteiger partial charge in [0.15, 0.2) is 0 Å². The van der Waals surface area contributed by atoms with Gasteiger partial charge in [-0.3, -0.25) is 15.4 Å². The molecule has 0 saturated carbocycles. The lowest BCUT2D eigenvalue weighted by Crippen LogP contribution is -2.25. The summed E-state index contributed by atoms with van der Waals surface area (Å²) in [6.45, 7) is 3.36. The molecule has 1 aromatic carbocycles. The summed E-state index contributed by atoms with van der Waals surface area (Å²) in [6, 6.07) is 6.44. The van der Waals surface area contributed by atoms with Crippen molar-refractivity contribution in [3.8, 4) is 5.75 Å². The van der Waals surface area contributed by atoms with Crippen LogP contribution in [-0.4, -0.2) is 38.9 Å². The number of nitrogens with zero attached hydrogens (tertiary/aromatic N) is 2. The lowest BCUT2D eigenvalue weighted by Gasteiger charge is -2.22. The Morgan fingerprint density at radius 2 is 2.04 bits per heavy atom. The Morgan fingerprint density at radius 3 is 2.61 bits per heavy atom. The maximum atomic E-state index is 11.6. The van der Waals surface area contributed by atoms with Crippen LogP contribution in [0.25, 0.3) is 0 Å². The molecular weight excluding hydrogens is 370 g/mol. The molecule has 28 heavy (non-hydrogen) atoms. The van der Waals surface area contributed by atoms with Crippen LogP contribution >= 0.6 is 0 Å². The van der Waals surface area contributed by atoms with Crippen molar-refractivity contribution in [1.29, 1.82) is 0 Å². The Bertz CT molecular complexity index is 858. The average Bonchev–Trinajstić information content (AvgIpc) is 2.61. The molecule has 0 bridgehead atoms. The number of pyridine rings is 1. The summed E-state index contributed by atoms with van der Waals surface area (Å²) in [6.07, 6.45) is -1.83. The number of nitrogens with two attached hydrogens (primary N) is 1. The minimum Gasteiger partial charge on any atom is -0.508 e. The number of aromatic nitrogens is 1. The number of phenols is 1. The van der Waals surface area contributed by atoms with E-state index in [9.17, 15) is 25.1 Å². The van der Waals surface area contributed by atoms with Crippen LogP contribution in [0, 0.1) is 10.1 Å². The standard InChI is InChI=1S/C17H21N5O6/c1-3-28-17(25)21-13-8-12(14(22(26)27)16(18)20-13)19-9(2)15(24)10-4-6-11(23)7-5-10/h4-9,15,23-24H,3H2,1-2H3,(H4,18,19,20,21,25)/t9-,15?/m1/s1. The third-order valence-electron chi connectivity index (χ3n) is 3.80. The van der Waals surface area contributed by atoms with Crippen molar-refractivity contribution < 1.29 is 24.7 Å². The van der Waals surface area contributed by atoms with E-state index >= 15 is 0 Å². The van der Waals surface area contributed by atoms with E-state index in [-0.39, 0.29) is 23.9 Å². The number of hydrogen-bond donors (Lipinski definition) is 5. The molecule has 0 fully saturated rings. The predicted octanol–water partition coefficient (Wildman–Crippen LogP) is 2.38. The summed E-state index contributed by atoms with van der Waals surface area (Å²) < 4.78 is 4.74. The van der Waals surface area contributed by atoms with E-state index in [0.717, 1.165) is 0 Å². The number of nitrogens with one attached hydrogen (secondary N) is 2. The summed E-state index contributed by atoms with van der Waals surface area (Å²) >= 11 is 0. The second-order valence-corrected chi connectivity index (χ2v) is 5.86. The van der Waals surface area contributed by atoms with Crippen molar-refractivity contribution in [1.82, 2.24) is 4.98 Å². The van der Waals surface area contributed by atoms with Crippen LogP contribution in [0.3, 0.4) is 0 Å². The Balaban J connectivity index is 2.30. The highest BCUT2D eigenvalue weighted by Gasteiger charge is 2.25. The summed E-state index contributed by atoms with van der Waals surface area (Å²) in [4.78, 5) is 26.0. The van der Waals surface area contributed by atoms with E-state index in [4.69, 9.17) is 10.5 Å². The molecule has 1 unspecified atom stereocenters. The zero-order chi connectivity index (χ0) is 20.8. The van der Waals surface area contributed by atoms with Crippen molar-refractivity contribution in [2.45, 2.75) is 26.0 Å². The first-order chi connectivity index (χ1) is 13.2. The minimum atomic E-state index is -1.05. The van der Waals surface area contributed by atoms with Crippen molar-refractivity contribution in [2.75, 3.05) is 23.0 Å². The SMILES string of the molecule is CCOC(=O)Nc1cc(N[C@H](C)C(O)c2ccc(O)cc2)c([N+](=O)[O-])c(N)n1. The largest absolute Gasteiger partial charge is 0.508 e. The van der Waals surface area contributed by atoms with Crippen molar-refractivity contribution >= 4 is 29.1 Å². The van der Waals surface area contributed by atoms with E-state index < -0.39 is 34.7 Å². The number of carbonyl (C=O) groups is 1. The molecule has 0 aliphatic heterocycles. The first-order valence-electron chi connectivity index (χ1n) is 8.35. The maximum absolute atomic E-state index is 11.6. The van der Waals surface area contributed by atoms with Gasteiger partial charge >= 0.3 is 11.8 Å². The number of amides is 1. The quantitative estimate of drug-likeness (QED) is 0.351. The summed E-state index contributed by atoms with van der Waals surface area (Å²) in [5.41, 5.74) is 5.65. The Kier molecular flexibility index (Phi) is 6.55. The fourth-order valence-corrected chi connectivity index (χ4v) is 2.48. The monoisotopic (exact) mass is 391 g/mol. The van der Waals surface area contributed by atoms with Gasteiger partial charge in [-0.25, -0.2) is 9.78 Å². The zero-order valence-electron chi connectivity index (χ0n) is 15.2. The molecule has 1 aromatic heterocycles. The number of nitrogen functional groups attached to an aromatic ring is 1. The molecule has 2 aromatic rings. The molecule has 11 nitrogen and oxygen atoms in total. The number of rotatable bonds is 7. The normalized spacial score (nSPS) is 12.7. The molecule has 6 N–H and O–H groups in total. The van der Waals surface area contributed by atoms with Gasteiger partial charge in [-0.2, -0.15) is 0 Å². The molecule has 0 radical (unpaired) electrons. The number of aliphatic hydroxyl groups excluding tert-OH is 1. The van der Waals surface area contributed by atoms with E-state index in [0.29, 0.717) is 5.56 Å². The van der Waals surface area contributed by atoms with Gasteiger partial charge < -0.3 is 26.0 Å². The molecule has 0 spiro atoms. The average molecular weight is 391 g/mol. The van der Waals surface area contributed by atoms with Crippen molar-refractivity contribution in [3.05, 3.63) is 46.0 Å². The number of hydrogen-bond acceptors (Lipinski definition) is 9. The van der Waals surface area contributed by atoms with Crippen LogP contribution < -0.4 is 16.4 Å². The summed E-state index contributed by atoms with van der Waals surface area (Å²) in [5.74, 6) is -0.410. The van der Waals surface area contributed by atoms with Gasteiger partial charge in [0.25, 0.3) is 0 Å². The Morgan fingerprint density at radius 1 is 1.39 bits per heavy atom. The minimum absolute atomic E-state index is 0.0328.